The van der Waals surface area contributed by atoms with E-state index in [0.29, 0.717) is 18.2 Å². The van der Waals surface area contributed by atoms with Gasteiger partial charge < -0.3 is 4.74 Å². The van der Waals surface area contributed by atoms with E-state index in [0.717, 1.165) is 16.9 Å². The van der Waals surface area contributed by atoms with E-state index < -0.39 is 0 Å². The van der Waals surface area contributed by atoms with E-state index in [1.54, 1.807) is 11.8 Å². The zero-order valence-corrected chi connectivity index (χ0v) is 13.2. The highest BCUT2D eigenvalue weighted by Gasteiger charge is 2.04. The second kappa shape index (κ2) is 8.75. The fourth-order valence-corrected chi connectivity index (χ4v) is 2.77. The summed E-state index contributed by atoms with van der Waals surface area (Å²) in [4.78, 5) is 11.7. The molecule has 0 spiro atoms. The van der Waals surface area contributed by atoms with Gasteiger partial charge in [-0.15, -0.1) is 23.4 Å². The van der Waals surface area contributed by atoms with Crippen LogP contribution >= 0.6 is 23.4 Å². The zero-order chi connectivity index (χ0) is 14.9. The number of hydrogen-bond acceptors (Lipinski definition) is 3. The second-order valence-electron chi connectivity index (χ2n) is 4.59. The molecule has 0 aromatic heterocycles. The Hall–Kier alpha value is -1.45. The fraction of sp³-hybridized carbons (Fsp3) is 0.235. The van der Waals surface area contributed by atoms with E-state index >= 15 is 0 Å². The first-order chi connectivity index (χ1) is 10.3. The third-order valence-electron chi connectivity index (χ3n) is 2.88. The number of esters is 1. The molecule has 0 saturated carbocycles. The van der Waals surface area contributed by atoms with Crippen LogP contribution in [0.2, 0.25) is 0 Å². The van der Waals surface area contributed by atoms with Gasteiger partial charge in [0.2, 0.25) is 0 Å². The molecule has 0 amide bonds. The molecule has 0 atom stereocenters. The van der Waals surface area contributed by atoms with E-state index in [4.69, 9.17) is 16.3 Å². The van der Waals surface area contributed by atoms with Crippen LogP contribution in [0.5, 0.6) is 0 Å². The lowest BCUT2D eigenvalue weighted by Gasteiger charge is -2.05. The summed E-state index contributed by atoms with van der Waals surface area (Å²) >= 11 is 7.35. The highest BCUT2D eigenvalue weighted by molar-refractivity contribution is 7.99. The van der Waals surface area contributed by atoms with Gasteiger partial charge in [0.05, 0.1) is 5.75 Å². The molecule has 0 aliphatic carbocycles. The number of carbonyl (C=O) groups is 1. The van der Waals surface area contributed by atoms with Crippen LogP contribution in [0.4, 0.5) is 0 Å². The molecule has 0 fully saturated rings. The van der Waals surface area contributed by atoms with Crippen molar-refractivity contribution in [2.24, 2.45) is 0 Å². The second-order valence-corrected chi connectivity index (χ2v) is 5.85. The number of hydrogen-bond donors (Lipinski definition) is 0. The molecule has 2 aromatic rings. The van der Waals surface area contributed by atoms with Crippen molar-refractivity contribution in [3.63, 3.8) is 0 Å². The summed E-state index contributed by atoms with van der Waals surface area (Å²) in [5.74, 6) is 1.47. The van der Waals surface area contributed by atoms with Gasteiger partial charge in [-0.25, -0.2) is 0 Å². The first-order valence-electron chi connectivity index (χ1n) is 6.69. The summed E-state index contributed by atoms with van der Waals surface area (Å²) in [6, 6.07) is 17.8. The Balaban J connectivity index is 1.69. The molecule has 0 heterocycles. The molecular formula is C17H17ClO2S. The maximum absolute atomic E-state index is 11.7. The van der Waals surface area contributed by atoms with Gasteiger partial charge in [0.1, 0.15) is 6.61 Å². The number of benzene rings is 2. The maximum atomic E-state index is 11.7. The molecule has 2 rings (SSSR count). The van der Waals surface area contributed by atoms with Crippen LogP contribution in [0.15, 0.2) is 54.6 Å². The maximum Gasteiger partial charge on any atom is 0.316 e. The number of ether oxygens (including phenoxy) is 1. The van der Waals surface area contributed by atoms with E-state index in [1.165, 1.54) is 5.56 Å². The minimum Gasteiger partial charge on any atom is -0.460 e. The van der Waals surface area contributed by atoms with Crippen LogP contribution in [-0.4, -0.2) is 11.7 Å². The summed E-state index contributed by atoms with van der Waals surface area (Å²) in [5.41, 5.74) is 3.28. The number of rotatable bonds is 7. The number of halogens is 1. The Morgan fingerprint density at radius 1 is 1.00 bits per heavy atom. The predicted octanol–water partition coefficient (Wildman–Crippen LogP) is 4.40. The molecule has 0 radical (unpaired) electrons. The molecule has 2 aromatic carbocycles. The van der Waals surface area contributed by atoms with Crippen molar-refractivity contribution < 1.29 is 9.53 Å². The lowest BCUT2D eigenvalue weighted by atomic mass is 10.2. The minimum absolute atomic E-state index is 0.183. The Morgan fingerprint density at radius 2 is 1.71 bits per heavy atom. The van der Waals surface area contributed by atoms with E-state index in [9.17, 15) is 4.79 Å². The summed E-state index contributed by atoms with van der Waals surface area (Å²) in [6.45, 7) is 0.335. The standard InChI is InChI=1S/C17H17ClO2S/c18-10-15-7-4-8-16(9-15)12-21-13-17(19)20-11-14-5-2-1-3-6-14/h1-9H,10-13H2. The van der Waals surface area contributed by atoms with Gasteiger partial charge >= 0.3 is 5.97 Å². The van der Waals surface area contributed by atoms with Crippen molar-refractivity contribution in [1.82, 2.24) is 0 Å². The average Bonchev–Trinajstić information content (AvgIpc) is 2.54. The normalized spacial score (nSPS) is 10.3. The summed E-state index contributed by atoms with van der Waals surface area (Å²) in [7, 11) is 0. The molecule has 0 aliphatic rings. The van der Waals surface area contributed by atoms with E-state index in [-0.39, 0.29) is 5.97 Å². The van der Waals surface area contributed by atoms with Gasteiger partial charge in [0.15, 0.2) is 0 Å². The van der Waals surface area contributed by atoms with Gasteiger partial charge in [-0.3, -0.25) is 4.79 Å². The largest absolute Gasteiger partial charge is 0.460 e. The SMILES string of the molecule is O=C(CSCc1cccc(CCl)c1)OCc1ccccc1. The molecule has 0 N–H and O–H groups in total. The first kappa shape index (κ1) is 15.9. The van der Waals surface area contributed by atoms with Gasteiger partial charge in [0.25, 0.3) is 0 Å². The molecule has 0 unspecified atom stereocenters. The van der Waals surface area contributed by atoms with Gasteiger partial charge in [0, 0.05) is 11.6 Å². The Labute approximate surface area is 134 Å². The van der Waals surface area contributed by atoms with Crippen molar-refractivity contribution in [2.45, 2.75) is 18.2 Å². The first-order valence-corrected chi connectivity index (χ1v) is 8.38. The third-order valence-corrected chi connectivity index (χ3v) is 4.16. The summed E-state index contributed by atoms with van der Waals surface area (Å²) < 4.78 is 5.23. The fourth-order valence-electron chi connectivity index (χ4n) is 1.83. The molecule has 0 aliphatic heterocycles. The van der Waals surface area contributed by atoms with E-state index in [1.807, 2.05) is 48.5 Å². The van der Waals surface area contributed by atoms with E-state index in [2.05, 4.69) is 6.07 Å². The number of carbonyl (C=O) groups excluding carboxylic acids is 1. The number of thioether (sulfide) groups is 1. The van der Waals surface area contributed by atoms with Gasteiger partial charge in [-0.05, 0) is 16.7 Å². The Kier molecular flexibility index (Phi) is 6.64. The highest BCUT2D eigenvalue weighted by Crippen LogP contribution is 2.15. The van der Waals surface area contributed by atoms with Crippen molar-refractivity contribution in [3.05, 3.63) is 71.3 Å². The molecule has 2 nitrogen and oxygen atoms in total. The molecular weight excluding hydrogens is 304 g/mol. The monoisotopic (exact) mass is 320 g/mol. The Bertz CT molecular complexity index is 572. The van der Waals surface area contributed by atoms with Crippen molar-refractivity contribution in [2.75, 3.05) is 5.75 Å². The molecule has 0 bridgehead atoms. The topological polar surface area (TPSA) is 26.3 Å². The molecule has 4 heteroatoms. The van der Waals surface area contributed by atoms with Crippen LogP contribution in [0, 0.1) is 0 Å². The third kappa shape index (κ3) is 5.82. The van der Waals surface area contributed by atoms with Crippen LogP contribution in [0.3, 0.4) is 0 Å². The highest BCUT2D eigenvalue weighted by atomic mass is 35.5. The quantitative estimate of drug-likeness (QED) is 0.558. The zero-order valence-electron chi connectivity index (χ0n) is 11.6. The average molecular weight is 321 g/mol. The smallest absolute Gasteiger partial charge is 0.316 e. The predicted molar refractivity (Wildman–Crippen MR) is 88.4 cm³/mol. The molecule has 21 heavy (non-hydrogen) atoms. The van der Waals surface area contributed by atoms with Crippen molar-refractivity contribution in [1.29, 1.82) is 0 Å². The lowest BCUT2D eigenvalue weighted by Crippen LogP contribution is -2.07. The molecule has 0 saturated heterocycles. The van der Waals surface area contributed by atoms with Gasteiger partial charge in [-0.1, -0.05) is 54.6 Å². The molecule has 110 valence electrons. The van der Waals surface area contributed by atoms with Crippen LogP contribution < -0.4 is 0 Å². The number of alkyl halides is 1. The Morgan fingerprint density at radius 3 is 2.48 bits per heavy atom. The van der Waals surface area contributed by atoms with Crippen LogP contribution in [0.1, 0.15) is 16.7 Å². The van der Waals surface area contributed by atoms with Crippen molar-refractivity contribution >= 4 is 29.3 Å². The summed E-state index contributed by atoms with van der Waals surface area (Å²) in [5, 5.41) is 0. The summed E-state index contributed by atoms with van der Waals surface area (Å²) in [6.07, 6.45) is 0. The van der Waals surface area contributed by atoms with Crippen LogP contribution in [-0.2, 0) is 27.8 Å². The van der Waals surface area contributed by atoms with Gasteiger partial charge in [-0.2, -0.15) is 0 Å². The van der Waals surface area contributed by atoms with Crippen LogP contribution in [0.25, 0.3) is 0 Å². The lowest BCUT2D eigenvalue weighted by molar-refractivity contribution is -0.141. The minimum atomic E-state index is -0.183. The van der Waals surface area contributed by atoms with Crippen molar-refractivity contribution in [3.8, 4) is 0 Å².